The molecule has 2 aromatic rings. The van der Waals surface area contributed by atoms with E-state index in [9.17, 15) is 9.90 Å². The Balaban J connectivity index is 1.88. The quantitative estimate of drug-likeness (QED) is 0.494. The third-order valence-electron chi connectivity index (χ3n) is 4.13. The maximum atomic E-state index is 12.0. The van der Waals surface area contributed by atoms with Gasteiger partial charge in [-0.1, -0.05) is 19.9 Å². The van der Waals surface area contributed by atoms with Crippen LogP contribution in [-0.2, 0) is 4.79 Å². The van der Waals surface area contributed by atoms with Crippen molar-refractivity contribution < 1.29 is 19.4 Å². The Morgan fingerprint density at radius 1 is 1.19 bits per heavy atom. The minimum Gasteiger partial charge on any atom is -0.506 e. The van der Waals surface area contributed by atoms with Crippen molar-refractivity contribution in [2.24, 2.45) is 0 Å². The molecule has 144 valence electrons. The largest absolute Gasteiger partial charge is 0.506 e. The summed E-state index contributed by atoms with van der Waals surface area (Å²) in [5.74, 6) is 1.27. The lowest BCUT2D eigenvalue weighted by atomic mass is 9.98. The Morgan fingerprint density at radius 3 is 2.48 bits per heavy atom. The highest BCUT2D eigenvalue weighted by Gasteiger charge is 2.11. The Kier molecular flexibility index (Phi) is 7.43. The van der Waals surface area contributed by atoms with E-state index in [0.29, 0.717) is 23.1 Å². The second kappa shape index (κ2) is 9.78. The van der Waals surface area contributed by atoms with Gasteiger partial charge in [-0.2, -0.15) is 0 Å². The van der Waals surface area contributed by atoms with Crippen LogP contribution in [-0.4, -0.2) is 29.8 Å². The number of methoxy groups -OCH3 is 1. The van der Waals surface area contributed by atoms with E-state index in [2.05, 4.69) is 24.5 Å². The predicted molar refractivity (Wildman–Crippen MR) is 110 cm³/mol. The number of thiocarbonyl (C=S) groups is 1. The fourth-order valence-corrected chi connectivity index (χ4v) is 2.56. The van der Waals surface area contributed by atoms with Gasteiger partial charge in [0, 0.05) is 0 Å². The van der Waals surface area contributed by atoms with Crippen LogP contribution in [0.25, 0.3) is 0 Å². The lowest BCUT2D eigenvalue weighted by molar-refractivity contribution is -0.121. The predicted octanol–water partition coefficient (Wildman–Crippen LogP) is 3.81. The van der Waals surface area contributed by atoms with Crippen molar-refractivity contribution >= 4 is 28.9 Å². The highest BCUT2D eigenvalue weighted by molar-refractivity contribution is 7.80. The van der Waals surface area contributed by atoms with Crippen LogP contribution in [0.5, 0.6) is 17.2 Å². The number of phenols is 1. The van der Waals surface area contributed by atoms with Gasteiger partial charge in [0.05, 0.1) is 12.8 Å². The van der Waals surface area contributed by atoms with Gasteiger partial charge in [0.1, 0.15) is 17.2 Å². The smallest absolute Gasteiger partial charge is 0.264 e. The van der Waals surface area contributed by atoms with E-state index < -0.39 is 5.91 Å². The van der Waals surface area contributed by atoms with Gasteiger partial charge in [-0.3, -0.25) is 10.1 Å². The zero-order valence-corrected chi connectivity index (χ0v) is 16.4. The van der Waals surface area contributed by atoms with E-state index >= 15 is 0 Å². The average Bonchev–Trinajstić information content (AvgIpc) is 2.67. The van der Waals surface area contributed by atoms with Gasteiger partial charge >= 0.3 is 0 Å². The van der Waals surface area contributed by atoms with E-state index in [0.717, 1.165) is 12.0 Å². The summed E-state index contributed by atoms with van der Waals surface area (Å²) in [6.45, 7) is 4.01. The normalized spacial score (nSPS) is 11.4. The molecule has 0 aromatic heterocycles. The molecule has 2 rings (SSSR count). The molecular formula is C20H24N2O4S. The van der Waals surface area contributed by atoms with Crippen LogP contribution >= 0.6 is 12.2 Å². The number of hydrogen-bond acceptors (Lipinski definition) is 5. The fourth-order valence-electron chi connectivity index (χ4n) is 2.33. The first-order valence-corrected chi connectivity index (χ1v) is 9.04. The van der Waals surface area contributed by atoms with Crippen LogP contribution in [0.3, 0.4) is 0 Å². The first-order valence-electron chi connectivity index (χ1n) is 8.63. The molecule has 0 aliphatic heterocycles. The van der Waals surface area contributed by atoms with E-state index in [1.54, 1.807) is 37.4 Å². The summed E-state index contributed by atoms with van der Waals surface area (Å²) in [5.41, 5.74) is 1.53. The zero-order chi connectivity index (χ0) is 19.8. The number of benzene rings is 2. The maximum absolute atomic E-state index is 12.0. The number of ether oxygens (including phenoxy) is 2. The van der Waals surface area contributed by atoms with Crippen molar-refractivity contribution in [3.05, 3.63) is 48.0 Å². The molecule has 0 bridgehead atoms. The number of amides is 1. The van der Waals surface area contributed by atoms with Crippen molar-refractivity contribution in [3.63, 3.8) is 0 Å². The molecule has 0 heterocycles. The first kappa shape index (κ1) is 20.5. The van der Waals surface area contributed by atoms with Crippen molar-refractivity contribution in [2.45, 2.75) is 26.2 Å². The molecule has 1 amide bonds. The molecule has 6 nitrogen and oxygen atoms in total. The van der Waals surface area contributed by atoms with Gasteiger partial charge in [-0.15, -0.1) is 0 Å². The second-order valence-electron chi connectivity index (χ2n) is 6.05. The molecule has 0 spiro atoms. The molecule has 27 heavy (non-hydrogen) atoms. The third kappa shape index (κ3) is 6.14. The molecule has 0 saturated heterocycles. The van der Waals surface area contributed by atoms with Crippen LogP contribution in [0.4, 0.5) is 5.69 Å². The minimum absolute atomic E-state index is 0.0631. The van der Waals surface area contributed by atoms with Crippen LogP contribution < -0.4 is 20.1 Å². The fraction of sp³-hybridized carbons (Fsp3) is 0.300. The van der Waals surface area contributed by atoms with Gasteiger partial charge in [0.2, 0.25) is 0 Å². The summed E-state index contributed by atoms with van der Waals surface area (Å²) in [4.78, 5) is 12.0. The van der Waals surface area contributed by atoms with Gasteiger partial charge in [0.15, 0.2) is 11.7 Å². The number of nitrogens with one attached hydrogen (secondary N) is 2. The molecule has 2 aromatic carbocycles. The summed E-state index contributed by atoms with van der Waals surface area (Å²) >= 11 is 5.15. The SMILES string of the molecule is CCC(C)c1ccc(O)c(NC(=S)NC(=O)COc2ccc(OC)cc2)c1. The van der Waals surface area contributed by atoms with Crippen LogP contribution in [0.1, 0.15) is 31.7 Å². The second-order valence-corrected chi connectivity index (χ2v) is 6.46. The van der Waals surface area contributed by atoms with Crippen molar-refractivity contribution in [2.75, 3.05) is 19.0 Å². The van der Waals surface area contributed by atoms with Crippen molar-refractivity contribution in [3.8, 4) is 17.2 Å². The third-order valence-corrected chi connectivity index (χ3v) is 4.34. The molecule has 0 aliphatic rings. The number of anilines is 1. The summed E-state index contributed by atoms with van der Waals surface area (Å²) < 4.78 is 10.5. The Bertz CT molecular complexity index is 793. The summed E-state index contributed by atoms with van der Waals surface area (Å²) in [6.07, 6.45) is 0.980. The van der Waals surface area contributed by atoms with Crippen molar-refractivity contribution in [1.82, 2.24) is 5.32 Å². The van der Waals surface area contributed by atoms with Crippen LogP contribution in [0, 0.1) is 0 Å². The number of aromatic hydroxyl groups is 1. The number of hydrogen-bond donors (Lipinski definition) is 3. The Hall–Kier alpha value is -2.80. The van der Waals surface area contributed by atoms with Crippen LogP contribution in [0.15, 0.2) is 42.5 Å². The lowest BCUT2D eigenvalue weighted by Gasteiger charge is -2.15. The highest BCUT2D eigenvalue weighted by Crippen LogP contribution is 2.29. The van der Waals surface area contributed by atoms with E-state index in [1.165, 1.54) is 0 Å². The monoisotopic (exact) mass is 388 g/mol. The molecular weight excluding hydrogens is 364 g/mol. The van der Waals surface area contributed by atoms with E-state index in [1.807, 2.05) is 12.1 Å². The molecule has 0 radical (unpaired) electrons. The zero-order valence-electron chi connectivity index (χ0n) is 15.6. The van der Waals surface area contributed by atoms with E-state index in [-0.39, 0.29) is 17.5 Å². The van der Waals surface area contributed by atoms with Gasteiger partial charge in [-0.05, 0) is 66.5 Å². The molecule has 1 atom stereocenters. The van der Waals surface area contributed by atoms with Gasteiger partial charge in [-0.25, -0.2) is 0 Å². The number of rotatable bonds is 7. The molecule has 0 fully saturated rings. The van der Waals surface area contributed by atoms with Crippen molar-refractivity contribution in [1.29, 1.82) is 0 Å². The molecule has 0 saturated carbocycles. The van der Waals surface area contributed by atoms with Gasteiger partial charge in [0.25, 0.3) is 5.91 Å². The lowest BCUT2D eigenvalue weighted by Crippen LogP contribution is -2.37. The summed E-state index contributed by atoms with van der Waals surface area (Å²) in [5, 5.41) is 15.5. The summed E-state index contributed by atoms with van der Waals surface area (Å²) in [6, 6.07) is 12.2. The first-order chi connectivity index (χ1) is 12.9. The highest BCUT2D eigenvalue weighted by atomic mass is 32.1. The summed E-state index contributed by atoms with van der Waals surface area (Å²) in [7, 11) is 1.58. The molecule has 7 heteroatoms. The Morgan fingerprint density at radius 2 is 1.85 bits per heavy atom. The van der Waals surface area contributed by atoms with Gasteiger partial charge < -0.3 is 19.9 Å². The topological polar surface area (TPSA) is 79.8 Å². The number of carbonyl (C=O) groups is 1. The minimum atomic E-state index is -0.402. The molecule has 3 N–H and O–H groups in total. The van der Waals surface area contributed by atoms with E-state index in [4.69, 9.17) is 21.7 Å². The number of phenolic OH excluding ortho intramolecular Hbond substituents is 1. The maximum Gasteiger partial charge on any atom is 0.264 e. The molecule has 0 aliphatic carbocycles. The Labute approximate surface area is 164 Å². The standard InChI is InChI=1S/C20H24N2O4S/c1-4-13(2)14-5-10-18(23)17(11-14)21-20(27)22-19(24)12-26-16-8-6-15(25-3)7-9-16/h5-11,13,23H,4,12H2,1-3H3,(H2,21,22,24,27). The molecule has 1 unspecified atom stereocenters. The van der Waals surface area contributed by atoms with Crippen LogP contribution in [0.2, 0.25) is 0 Å². The number of carbonyl (C=O) groups excluding carboxylic acids is 1. The average molecular weight is 388 g/mol.